The molecule has 0 radical (unpaired) electrons. The number of aryl methyl sites for hydroxylation is 1. The summed E-state index contributed by atoms with van der Waals surface area (Å²) in [7, 11) is 2.06. The van der Waals surface area contributed by atoms with Gasteiger partial charge in [0.05, 0.1) is 5.02 Å². The molecule has 188 valence electrons. The summed E-state index contributed by atoms with van der Waals surface area (Å²) in [6.45, 7) is 8.24. The van der Waals surface area contributed by atoms with Crippen LogP contribution in [-0.2, 0) is 17.7 Å². The van der Waals surface area contributed by atoms with Gasteiger partial charge in [0.15, 0.2) is 0 Å². The molecule has 0 fully saturated rings. The first-order valence-electron chi connectivity index (χ1n) is 11.8. The first-order chi connectivity index (χ1) is 16.6. The Morgan fingerprint density at radius 1 is 1.00 bits per heavy atom. The normalized spacial score (nSPS) is 11.6. The number of benzene rings is 2. The predicted octanol–water partition coefficient (Wildman–Crippen LogP) is 5.87. The molecule has 0 saturated heterocycles. The minimum Gasteiger partial charge on any atom is -0.444 e. The molecule has 3 aromatic rings. The van der Waals surface area contributed by atoms with Crippen LogP contribution >= 0.6 is 22.9 Å². The number of likely N-dealkylation sites (N-methyl/N-ethyl adjacent to an activating group) is 1. The number of alkyl carbamates (subject to hydrolysis) is 1. The van der Waals surface area contributed by atoms with Crippen LogP contribution in [0.4, 0.5) is 4.79 Å². The molecule has 0 spiro atoms. The second-order valence-electron chi connectivity index (χ2n) is 9.58. The Morgan fingerprint density at radius 3 is 2.37 bits per heavy atom. The van der Waals surface area contributed by atoms with Crippen LogP contribution in [0.15, 0.2) is 48.5 Å². The van der Waals surface area contributed by atoms with Crippen molar-refractivity contribution in [3.05, 3.63) is 69.6 Å². The number of carbonyl (C=O) groups excluding carboxylic acids is 2. The molecular formula is C27H34ClN3O3S. The SMILES string of the molecule is CN(CCCc1ccc(CNC(=O)OC(C)(C)C)cc1)CCNC(=O)c1sc2ccccc2c1Cl. The van der Waals surface area contributed by atoms with E-state index in [1.807, 2.05) is 57.2 Å². The van der Waals surface area contributed by atoms with Crippen molar-refractivity contribution in [2.24, 2.45) is 0 Å². The zero-order valence-corrected chi connectivity index (χ0v) is 22.4. The van der Waals surface area contributed by atoms with Gasteiger partial charge in [0, 0.05) is 29.7 Å². The number of rotatable bonds is 10. The number of thiophene rings is 1. The van der Waals surface area contributed by atoms with E-state index < -0.39 is 11.7 Å². The number of carbonyl (C=O) groups is 2. The van der Waals surface area contributed by atoms with Gasteiger partial charge >= 0.3 is 6.09 Å². The number of nitrogens with zero attached hydrogens (tertiary/aromatic N) is 1. The van der Waals surface area contributed by atoms with Crippen LogP contribution in [0.3, 0.4) is 0 Å². The molecule has 0 unspecified atom stereocenters. The highest BCUT2D eigenvalue weighted by Crippen LogP contribution is 2.34. The van der Waals surface area contributed by atoms with E-state index in [0.29, 0.717) is 23.0 Å². The zero-order chi connectivity index (χ0) is 25.4. The van der Waals surface area contributed by atoms with Gasteiger partial charge in [-0.15, -0.1) is 11.3 Å². The average Bonchev–Trinajstić information content (AvgIpc) is 3.14. The van der Waals surface area contributed by atoms with Crippen molar-refractivity contribution in [3.8, 4) is 0 Å². The van der Waals surface area contributed by atoms with Gasteiger partial charge in [-0.2, -0.15) is 0 Å². The third-order valence-corrected chi connectivity index (χ3v) is 7.06. The largest absolute Gasteiger partial charge is 0.444 e. The highest BCUT2D eigenvalue weighted by atomic mass is 35.5. The van der Waals surface area contributed by atoms with Crippen molar-refractivity contribution >= 4 is 45.0 Å². The topological polar surface area (TPSA) is 70.7 Å². The summed E-state index contributed by atoms with van der Waals surface area (Å²) >= 11 is 7.82. The average molecular weight is 516 g/mol. The first-order valence-corrected chi connectivity index (χ1v) is 13.0. The van der Waals surface area contributed by atoms with Gasteiger partial charge < -0.3 is 20.3 Å². The van der Waals surface area contributed by atoms with Crippen LogP contribution in [0.5, 0.6) is 0 Å². The maximum Gasteiger partial charge on any atom is 0.407 e. The van der Waals surface area contributed by atoms with E-state index in [-0.39, 0.29) is 5.91 Å². The van der Waals surface area contributed by atoms with Gasteiger partial charge in [-0.05, 0) is 64.4 Å². The molecule has 2 N–H and O–H groups in total. The van der Waals surface area contributed by atoms with Gasteiger partial charge in [-0.25, -0.2) is 4.79 Å². The number of ether oxygens (including phenoxy) is 1. The summed E-state index contributed by atoms with van der Waals surface area (Å²) < 4.78 is 6.28. The van der Waals surface area contributed by atoms with Crippen molar-refractivity contribution < 1.29 is 14.3 Å². The van der Waals surface area contributed by atoms with Gasteiger partial charge in [0.2, 0.25) is 0 Å². The van der Waals surface area contributed by atoms with Crippen molar-refractivity contribution in [1.82, 2.24) is 15.5 Å². The van der Waals surface area contributed by atoms with Gasteiger partial charge in [0.1, 0.15) is 10.5 Å². The molecule has 1 heterocycles. The Labute approximate surface area is 216 Å². The number of halogens is 1. The van der Waals surface area contributed by atoms with Gasteiger partial charge in [-0.1, -0.05) is 54.1 Å². The molecule has 1 aromatic heterocycles. The number of nitrogens with one attached hydrogen (secondary N) is 2. The van der Waals surface area contributed by atoms with Gasteiger partial charge in [-0.3, -0.25) is 4.79 Å². The summed E-state index contributed by atoms with van der Waals surface area (Å²) in [5.41, 5.74) is 1.79. The highest BCUT2D eigenvalue weighted by molar-refractivity contribution is 7.21. The van der Waals surface area contributed by atoms with E-state index in [1.165, 1.54) is 16.9 Å². The third-order valence-electron chi connectivity index (χ3n) is 5.38. The second kappa shape index (κ2) is 12.4. The Kier molecular flexibility index (Phi) is 9.55. The van der Waals surface area contributed by atoms with Gasteiger partial charge in [0.25, 0.3) is 5.91 Å². The number of amides is 2. The third kappa shape index (κ3) is 8.53. The molecule has 2 aromatic carbocycles. The molecule has 6 nitrogen and oxygen atoms in total. The number of fused-ring (bicyclic) bond motifs is 1. The summed E-state index contributed by atoms with van der Waals surface area (Å²) in [5.74, 6) is -0.120. The van der Waals surface area contributed by atoms with Crippen molar-refractivity contribution in [2.45, 2.75) is 45.8 Å². The van der Waals surface area contributed by atoms with E-state index >= 15 is 0 Å². The van der Waals surface area contributed by atoms with E-state index in [1.54, 1.807) is 0 Å². The Morgan fingerprint density at radius 2 is 1.69 bits per heavy atom. The molecule has 0 bridgehead atoms. The molecule has 0 aliphatic carbocycles. The molecule has 3 rings (SSSR count). The Hall–Kier alpha value is -2.61. The molecule has 35 heavy (non-hydrogen) atoms. The smallest absolute Gasteiger partial charge is 0.407 e. The Bertz CT molecular complexity index is 1140. The molecule has 0 saturated carbocycles. The molecule has 0 aliphatic heterocycles. The van der Waals surface area contributed by atoms with Crippen LogP contribution in [0.1, 0.15) is 48.0 Å². The minimum atomic E-state index is -0.500. The first kappa shape index (κ1) is 27.0. The number of hydrogen-bond donors (Lipinski definition) is 2. The summed E-state index contributed by atoms with van der Waals surface area (Å²) in [6, 6.07) is 16.1. The van der Waals surface area contributed by atoms with E-state index in [2.05, 4.69) is 34.7 Å². The molecule has 8 heteroatoms. The molecule has 0 aliphatic rings. The lowest BCUT2D eigenvalue weighted by Gasteiger charge is -2.19. The van der Waals surface area contributed by atoms with Crippen LogP contribution in [0, 0.1) is 0 Å². The lowest BCUT2D eigenvalue weighted by molar-refractivity contribution is 0.0523. The summed E-state index contributed by atoms with van der Waals surface area (Å²) in [4.78, 5) is 27.1. The fraction of sp³-hybridized carbons (Fsp3) is 0.407. The van der Waals surface area contributed by atoms with Crippen LogP contribution < -0.4 is 10.6 Å². The van der Waals surface area contributed by atoms with Crippen molar-refractivity contribution in [2.75, 3.05) is 26.7 Å². The quantitative estimate of drug-likeness (QED) is 0.354. The van der Waals surface area contributed by atoms with Crippen molar-refractivity contribution in [1.29, 1.82) is 0 Å². The van der Waals surface area contributed by atoms with Crippen molar-refractivity contribution in [3.63, 3.8) is 0 Å². The monoisotopic (exact) mass is 515 g/mol. The fourth-order valence-electron chi connectivity index (χ4n) is 3.58. The minimum absolute atomic E-state index is 0.120. The fourth-order valence-corrected chi connectivity index (χ4v) is 5.01. The highest BCUT2D eigenvalue weighted by Gasteiger charge is 2.17. The lowest BCUT2D eigenvalue weighted by Crippen LogP contribution is -2.33. The molecular weight excluding hydrogens is 482 g/mol. The van der Waals surface area contributed by atoms with E-state index in [0.717, 1.165) is 41.6 Å². The predicted molar refractivity (Wildman–Crippen MR) is 145 cm³/mol. The second-order valence-corrected chi connectivity index (χ2v) is 11.0. The summed E-state index contributed by atoms with van der Waals surface area (Å²) in [5, 5.41) is 7.22. The Balaban J connectivity index is 1.33. The van der Waals surface area contributed by atoms with E-state index in [9.17, 15) is 9.59 Å². The number of hydrogen-bond acceptors (Lipinski definition) is 5. The van der Waals surface area contributed by atoms with Crippen LogP contribution in [0.2, 0.25) is 5.02 Å². The van der Waals surface area contributed by atoms with Crippen LogP contribution in [0.25, 0.3) is 10.1 Å². The maximum absolute atomic E-state index is 12.6. The van der Waals surface area contributed by atoms with Crippen LogP contribution in [-0.4, -0.2) is 49.2 Å². The zero-order valence-electron chi connectivity index (χ0n) is 20.8. The maximum atomic E-state index is 12.6. The summed E-state index contributed by atoms with van der Waals surface area (Å²) in [6.07, 6.45) is 1.57. The standard InChI is InChI=1S/C27H34ClN3O3S/c1-27(2,3)34-26(33)30-18-20-13-11-19(12-14-20)8-7-16-31(4)17-15-29-25(32)24-23(28)21-9-5-6-10-22(21)35-24/h5-6,9-14H,7-8,15-18H2,1-4H3,(H,29,32)(H,30,33). The molecule has 0 atom stereocenters. The lowest BCUT2D eigenvalue weighted by atomic mass is 10.1. The molecule has 2 amide bonds. The van der Waals surface area contributed by atoms with E-state index in [4.69, 9.17) is 16.3 Å².